The molecule has 0 saturated carbocycles. The van der Waals surface area contributed by atoms with Gasteiger partial charge in [-0.25, -0.2) is 4.79 Å². The van der Waals surface area contributed by atoms with Gasteiger partial charge < -0.3 is 9.52 Å². The van der Waals surface area contributed by atoms with Crippen molar-refractivity contribution in [3.05, 3.63) is 51.3 Å². The molecule has 0 radical (unpaired) electrons. The Morgan fingerprint density at radius 3 is 2.60 bits per heavy atom. The Hall–Kier alpha value is -2.96. The number of nitrogens with zero attached hydrogens (tertiary/aromatic N) is 1. The Morgan fingerprint density at radius 2 is 2.10 bits per heavy atom. The smallest absolute Gasteiger partial charge is 0.336 e. The van der Waals surface area contributed by atoms with Crippen molar-refractivity contribution in [3.8, 4) is 11.3 Å². The van der Waals surface area contributed by atoms with E-state index in [2.05, 4.69) is 0 Å². The van der Waals surface area contributed by atoms with Crippen LogP contribution in [0.2, 0.25) is 0 Å². The molecule has 0 unspecified atom stereocenters. The first-order chi connectivity index (χ1) is 9.43. The first-order valence-electron chi connectivity index (χ1n) is 5.51. The summed E-state index contributed by atoms with van der Waals surface area (Å²) >= 11 is 0. The van der Waals surface area contributed by atoms with Crippen LogP contribution >= 0.6 is 0 Å². The summed E-state index contributed by atoms with van der Waals surface area (Å²) in [6.07, 6.45) is 0.491. The third-order valence-electron chi connectivity index (χ3n) is 2.75. The van der Waals surface area contributed by atoms with Crippen molar-refractivity contribution >= 4 is 17.9 Å². The van der Waals surface area contributed by atoms with Crippen LogP contribution in [0, 0.1) is 17.0 Å². The largest absolute Gasteiger partial charge is 0.478 e. The molecular weight excluding hydrogens is 266 g/mol. The van der Waals surface area contributed by atoms with Gasteiger partial charge in [0.1, 0.15) is 5.76 Å². The number of aromatic carboxylic acids is 1. The molecule has 7 heteroatoms. The second kappa shape index (κ2) is 4.96. The number of hydrogen-bond acceptors (Lipinski definition) is 5. The molecule has 1 N–H and O–H groups in total. The molecule has 7 nitrogen and oxygen atoms in total. The first-order valence-corrected chi connectivity index (χ1v) is 5.51. The van der Waals surface area contributed by atoms with E-state index in [0.29, 0.717) is 11.8 Å². The van der Waals surface area contributed by atoms with Crippen molar-refractivity contribution < 1.29 is 24.0 Å². The number of aryl methyl sites for hydroxylation is 1. The molecule has 0 amide bonds. The number of benzene rings is 1. The number of carbonyl (C=O) groups is 2. The minimum absolute atomic E-state index is 0.0501. The third kappa shape index (κ3) is 2.28. The summed E-state index contributed by atoms with van der Waals surface area (Å²) in [6.45, 7) is 1.54. The van der Waals surface area contributed by atoms with Crippen molar-refractivity contribution in [1.29, 1.82) is 0 Å². The van der Waals surface area contributed by atoms with Gasteiger partial charge in [-0.05, 0) is 24.6 Å². The van der Waals surface area contributed by atoms with Crippen LogP contribution in [0.4, 0.5) is 5.69 Å². The monoisotopic (exact) mass is 275 g/mol. The van der Waals surface area contributed by atoms with Gasteiger partial charge in [-0.15, -0.1) is 0 Å². The van der Waals surface area contributed by atoms with Crippen molar-refractivity contribution in [2.45, 2.75) is 6.92 Å². The van der Waals surface area contributed by atoms with E-state index in [9.17, 15) is 24.8 Å². The second-order valence-corrected chi connectivity index (χ2v) is 4.07. The van der Waals surface area contributed by atoms with E-state index in [1.807, 2.05) is 0 Å². The maximum atomic E-state index is 11.3. The van der Waals surface area contributed by atoms with E-state index >= 15 is 0 Å². The Bertz CT molecular complexity index is 716. The van der Waals surface area contributed by atoms with Crippen LogP contribution < -0.4 is 0 Å². The van der Waals surface area contributed by atoms with Crippen LogP contribution in [-0.4, -0.2) is 22.3 Å². The molecule has 102 valence electrons. The molecule has 0 bridgehead atoms. The number of non-ortho nitro benzene ring substituents is 1. The standard InChI is InChI=1S/C13H9NO6/c1-7-4-8(14(18)19)5-10(13(16)17)12(7)11-3-2-9(6-15)20-11/h2-6H,1H3,(H,16,17). The highest BCUT2D eigenvalue weighted by atomic mass is 16.6. The lowest BCUT2D eigenvalue weighted by Crippen LogP contribution is -2.03. The van der Waals surface area contributed by atoms with Crippen molar-refractivity contribution in [3.63, 3.8) is 0 Å². The number of carboxylic acid groups (broad SMARTS) is 1. The van der Waals surface area contributed by atoms with Gasteiger partial charge in [-0.3, -0.25) is 14.9 Å². The van der Waals surface area contributed by atoms with Gasteiger partial charge in [0, 0.05) is 17.7 Å². The number of carbonyl (C=O) groups excluding carboxylic acids is 1. The van der Waals surface area contributed by atoms with Gasteiger partial charge in [-0.2, -0.15) is 0 Å². The number of aldehydes is 1. The highest BCUT2D eigenvalue weighted by Crippen LogP contribution is 2.32. The predicted octanol–water partition coefficient (Wildman–Crippen LogP) is 2.67. The fraction of sp³-hybridized carbons (Fsp3) is 0.0769. The Kier molecular flexibility index (Phi) is 3.34. The topological polar surface area (TPSA) is 111 Å². The predicted molar refractivity (Wildman–Crippen MR) is 67.9 cm³/mol. The highest BCUT2D eigenvalue weighted by Gasteiger charge is 2.22. The lowest BCUT2D eigenvalue weighted by atomic mass is 9.99. The molecule has 0 atom stereocenters. The average molecular weight is 275 g/mol. The molecule has 0 fully saturated rings. The SMILES string of the molecule is Cc1cc([N+](=O)[O-])cc(C(=O)O)c1-c1ccc(C=O)o1. The number of rotatable bonds is 4. The zero-order valence-corrected chi connectivity index (χ0v) is 10.3. The summed E-state index contributed by atoms with van der Waals surface area (Å²) in [4.78, 5) is 32.0. The zero-order valence-electron chi connectivity index (χ0n) is 10.3. The Labute approximate surface area is 112 Å². The van der Waals surface area contributed by atoms with Gasteiger partial charge >= 0.3 is 5.97 Å². The lowest BCUT2D eigenvalue weighted by Gasteiger charge is -2.07. The van der Waals surface area contributed by atoms with E-state index in [-0.39, 0.29) is 28.3 Å². The first kappa shape index (κ1) is 13.5. The van der Waals surface area contributed by atoms with Crippen LogP contribution in [0.25, 0.3) is 11.3 Å². The molecule has 0 aliphatic rings. The normalized spacial score (nSPS) is 10.2. The summed E-state index contributed by atoms with van der Waals surface area (Å²) in [7, 11) is 0. The van der Waals surface area contributed by atoms with Crippen molar-refractivity contribution in [2.75, 3.05) is 0 Å². The number of carboxylic acids is 1. The molecule has 0 spiro atoms. The van der Waals surface area contributed by atoms with Crippen LogP contribution in [0.1, 0.15) is 26.5 Å². The molecule has 2 rings (SSSR count). The Morgan fingerprint density at radius 1 is 1.40 bits per heavy atom. The summed E-state index contributed by atoms with van der Waals surface area (Å²) in [5, 5.41) is 20.0. The number of nitro benzene ring substituents is 1. The molecular formula is C13H9NO6. The van der Waals surface area contributed by atoms with Gasteiger partial charge in [0.25, 0.3) is 5.69 Å². The molecule has 1 heterocycles. The molecule has 2 aromatic rings. The fourth-order valence-electron chi connectivity index (χ4n) is 1.92. The molecule has 1 aromatic carbocycles. The van der Waals surface area contributed by atoms with Gasteiger partial charge in [0.2, 0.25) is 0 Å². The molecule has 0 aliphatic carbocycles. The van der Waals surface area contributed by atoms with E-state index in [1.54, 1.807) is 0 Å². The molecule has 0 aliphatic heterocycles. The number of furan rings is 1. The van der Waals surface area contributed by atoms with E-state index in [4.69, 9.17) is 4.42 Å². The molecule has 20 heavy (non-hydrogen) atoms. The summed E-state index contributed by atoms with van der Waals surface area (Å²) in [5.41, 5.74) is 0.0360. The second-order valence-electron chi connectivity index (χ2n) is 4.07. The molecule has 1 aromatic heterocycles. The molecule has 0 saturated heterocycles. The van der Waals surface area contributed by atoms with E-state index < -0.39 is 10.9 Å². The van der Waals surface area contributed by atoms with Crippen LogP contribution in [-0.2, 0) is 0 Å². The average Bonchev–Trinajstić information content (AvgIpc) is 2.85. The van der Waals surface area contributed by atoms with Gasteiger partial charge in [0.15, 0.2) is 12.0 Å². The zero-order chi connectivity index (χ0) is 14.9. The lowest BCUT2D eigenvalue weighted by molar-refractivity contribution is -0.384. The highest BCUT2D eigenvalue weighted by molar-refractivity contribution is 5.97. The van der Waals surface area contributed by atoms with Gasteiger partial charge in [0.05, 0.1) is 10.5 Å². The third-order valence-corrected chi connectivity index (χ3v) is 2.75. The summed E-state index contributed by atoms with van der Waals surface area (Å²) in [5.74, 6) is -1.08. The summed E-state index contributed by atoms with van der Waals surface area (Å²) < 4.78 is 5.19. The van der Waals surface area contributed by atoms with Crippen LogP contribution in [0.3, 0.4) is 0 Å². The summed E-state index contributed by atoms with van der Waals surface area (Å²) in [6, 6.07) is 5.07. The number of nitro groups is 1. The maximum Gasteiger partial charge on any atom is 0.336 e. The van der Waals surface area contributed by atoms with Crippen molar-refractivity contribution in [2.24, 2.45) is 0 Å². The van der Waals surface area contributed by atoms with Crippen LogP contribution in [0.5, 0.6) is 0 Å². The van der Waals surface area contributed by atoms with Crippen molar-refractivity contribution in [1.82, 2.24) is 0 Å². The van der Waals surface area contributed by atoms with E-state index in [0.717, 1.165) is 6.07 Å². The fourth-order valence-corrected chi connectivity index (χ4v) is 1.92. The minimum atomic E-state index is -1.31. The number of hydrogen-bond donors (Lipinski definition) is 1. The Balaban J connectivity index is 2.71. The van der Waals surface area contributed by atoms with Crippen LogP contribution in [0.15, 0.2) is 28.7 Å². The minimum Gasteiger partial charge on any atom is -0.478 e. The van der Waals surface area contributed by atoms with E-state index in [1.165, 1.54) is 25.1 Å². The van der Waals surface area contributed by atoms with Gasteiger partial charge in [-0.1, -0.05) is 0 Å². The maximum absolute atomic E-state index is 11.3. The quantitative estimate of drug-likeness (QED) is 0.521.